The van der Waals surface area contributed by atoms with Gasteiger partial charge in [0.2, 0.25) is 0 Å². The Kier molecular flexibility index (Phi) is 3.94. The summed E-state index contributed by atoms with van der Waals surface area (Å²) >= 11 is 5.79. The highest BCUT2D eigenvalue weighted by molar-refractivity contribution is 6.30. The van der Waals surface area contributed by atoms with Crippen molar-refractivity contribution in [1.82, 2.24) is 0 Å². The van der Waals surface area contributed by atoms with E-state index in [1.807, 2.05) is 6.07 Å². The number of nitrogens with zero attached hydrogens (tertiary/aromatic N) is 1. The summed E-state index contributed by atoms with van der Waals surface area (Å²) in [5.41, 5.74) is 7.41. The summed E-state index contributed by atoms with van der Waals surface area (Å²) in [5, 5.41) is 9.47. The first kappa shape index (κ1) is 11.0. The molecule has 0 aliphatic carbocycles. The first-order chi connectivity index (χ1) is 6.69. The van der Waals surface area contributed by atoms with Crippen LogP contribution in [-0.4, -0.2) is 0 Å². The van der Waals surface area contributed by atoms with Gasteiger partial charge in [0.05, 0.1) is 11.6 Å². The number of nitriles is 1. The van der Waals surface area contributed by atoms with Gasteiger partial charge in [-0.2, -0.15) is 5.26 Å². The number of nitrogens with two attached hydrogens (primary N) is 1. The molecule has 2 N–H and O–H groups in total. The lowest BCUT2D eigenvalue weighted by Crippen LogP contribution is -2.11. The highest BCUT2D eigenvalue weighted by Gasteiger charge is 2.10. The summed E-state index contributed by atoms with van der Waals surface area (Å²) in [6, 6.07) is 7.31. The molecule has 0 aromatic heterocycles. The molecule has 14 heavy (non-hydrogen) atoms. The molecule has 0 bridgehead atoms. The molecule has 1 unspecified atom stereocenters. The Hall–Kier alpha value is -1.04. The molecule has 0 aliphatic heterocycles. The summed E-state index contributed by atoms with van der Waals surface area (Å²) in [4.78, 5) is 0. The van der Waals surface area contributed by atoms with Crippen molar-refractivity contribution in [3.05, 3.63) is 34.3 Å². The summed E-state index contributed by atoms with van der Waals surface area (Å²) in [5.74, 6) is 0. The van der Waals surface area contributed by atoms with E-state index >= 15 is 0 Å². The fourth-order valence-corrected chi connectivity index (χ4v) is 1.59. The molecular weight excluding hydrogens is 196 g/mol. The molecule has 3 heteroatoms. The van der Waals surface area contributed by atoms with Gasteiger partial charge in [-0.25, -0.2) is 0 Å². The maximum Gasteiger partial charge on any atom is 0.0995 e. The van der Waals surface area contributed by atoms with Gasteiger partial charge in [0, 0.05) is 11.1 Å². The zero-order valence-corrected chi connectivity index (χ0v) is 8.88. The molecule has 1 atom stereocenters. The lowest BCUT2D eigenvalue weighted by atomic mass is 9.98. The van der Waals surface area contributed by atoms with Crippen molar-refractivity contribution in [2.24, 2.45) is 5.73 Å². The number of hydrogen-bond donors (Lipinski definition) is 1. The van der Waals surface area contributed by atoms with Gasteiger partial charge < -0.3 is 5.73 Å². The van der Waals surface area contributed by atoms with Crippen LogP contribution in [0, 0.1) is 11.3 Å². The Balaban J connectivity index is 3.03. The lowest BCUT2D eigenvalue weighted by Gasteiger charge is -2.12. The first-order valence-corrected chi connectivity index (χ1v) is 5.02. The topological polar surface area (TPSA) is 49.8 Å². The second-order valence-electron chi connectivity index (χ2n) is 3.24. The third-order valence-electron chi connectivity index (χ3n) is 2.13. The van der Waals surface area contributed by atoms with Crippen molar-refractivity contribution >= 4 is 11.6 Å². The van der Waals surface area contributed by atoms with Crippen LogP contribution in [0.15, 0.2) is 18.2 Å². The summed E-state index contributed by atoms with van der Waals surface area (Å²) in [7, 11) is 0. The van der Waals surface area contributed by atoms with E-state index in [0.717, 1.165) is 18.4 Å². The molecule has 1 rings (SSSR count). The third kappa shape index (κ3) is 2.47. The molecule has 0 aliphatic rings. The molecule has 74 valence electrons. The molecular formula is C11H13ClN2. The molecule has 1 aromatic carbocycles. The first-order valence-electron chi connectivity index (χ1n) is 4.64. The van der Waals surface area contributed by atoms with Crippen molar-refractivity contribution in [3.63, 3.8) is 0 Å². The van der Waals surface area contributed by atoms with Gasteiger partial charge in [-0.05, 0) is 24.1 Å². The van der Waals surface area contributed by atoms with Gasteiger partial charge in [-0.15, -0.1) is 0 Å². The Morgan fingerprint density at radius 2 is 2.29 bits per heavy atom. The Bertz CT molecular complexity index is 355. The van der Waals surface area contributed by atoms with Crippen LogP contribution in [-0.2, 0) is 0 Å². The summed E-state index contributed by atoms with van der Waals surface area (Å²) in [6.45, 7) is 2.07. The zero-order chi connectivity index (χ0) is 10.6. The Morgan fingerprint density at radius 3 is 2.86 bits per heavy atom. The molecule has 0 fully saturated rings. The van der Waals surface area contributed by atoms with Gasteiger partial charge in [0.1, 0.15) is 0 Å². The van der Waals surface area contributed by atoms with Crippen LogP contribution in [0.3, 0.4) is 0 Å². The maximum absolute atomic E-state index is 8.90. The second-order valence-corrected chi connectivity index (χ2v) is 3.67. The van der Waals surface area contributed by atoms with Crippen LogP contribution in [0.1, 0.15) is 36.9 Å². The monoisotopic (exact) mass is 208 g/mol. The predicted molar refractivity (Wildman–Crippen MR) is 58.0 cm³/mol. The molecule has 0 radical (unpaired) electrons. The molecule has 0 amide bonds. The van der Waals surface area contributed by atoms with E-state index in [1.54, 1.807) is 12.1 Å². The van der Waals surface area contributed by atoms with Gasteiger partial charge >= 0.3 is 0 Å². The van der Waals surface area contributed by atoms with E-state index in [2.05, 4.69) is 13.0 Å². The number of hydrogen-bond acceptors (Lipinski definition) is 2. The van der Waals surface area contributed by atoms with Crippen molar-refractivity contribution in [3.8, 4) is 6.07 Å². The van der Waals surface area contributed by atoms with Crippen molar-refractivity contribution in [1.29, 1.82) is 5.26 Å². The fourth-order valence-electron chi connectivity index (χ4n) is 1.42. The van der Waals surface area contributed by atoms with Crippen LogP contribution in [0.25, 0.3) is 0 Å². The molecule has 2 nitrogen and oxygen atoms in total. The average molecular weight is 209 g/mol. The Morgan fingerprint density at radius 1 is 1.57 bits per heavy atom. The lowest BCUT2D eigenvalue weighted by molar-refractivity contribution is 0.637. The van der Waals surface area contributed by atoms with Gasteiger partial charge in [0.15, 0.2) is 0 Å². The SMILES string of the molecule is CCCC(N)c1ccc(Cl)cc1C#N. The Labute approximate surface area is 89.3 Å². The molecule has 0 saturated carbocycles. The zero-order valence-electron chi connectivity index (χ0n) is 8.13. The number of benzene rings is 1. The third-order valence-corrected chi connectivity index (χ3v) is 2.37. The van der Waals surface area contributed by atoms with Crippen LogP contribution in [0.4, 0.5) is 0 Å². The van der Waals surface area contributed by atoms with E-state index < -0.39 is 0 Å². The maximum atomic E-state index is 8.90. The van der Waals surface area contributed by atoms with E-state index in [-0.39, 0.29) is 6.04 Å². The van der Waals surface area contributed by atoms with Gasteiger partial charge in [-0.3, -0.25) is 0 Å². The van der Waals surface area contributed by atoms with E-state index in [0.29, 0.717) is 10.6 Å². The quantitative estimate of drug-likeness (QED) is 0.830. The minimum atomic E-state index is -0.0630. The summed E-state index contributed by atoms with van der Waals surface area (Å²) in [6.07, 6.45) is 1.89. The summed E-state index contributed by atoms with van der Waals surface area (Å²) < 4.78 is 0. The fraction of sp³-hybridized carbons (Fsp3) is 0.364. The molecule has 0 spiro atoms. The van der Waals surface area contributed by atoms with E-state index in [1.165, 1.54) is 0 Å². The van der Waals surface area contributed by atoms with Crippen LogP contribution >= 0.6 is 11.6 Å². The smallest absolute Gasteiger partial charge is 0.0995 e. The standard InChI is InChI=1S/C11H13ClN2/c1-2-3-11(14)10-5-4-9(12)6-8(10)7-13/h4-6,11H,2-3,14H2,1H3. The molecule has 0 saturated heterocycles. The second kappa shape index (κ2) is 4.99. The number of rotatable bonds is 3. The number of halogens is 1. The predicted octanol–water partition coefficient (Wildman–Crippen LogP) is 3.01. The van der Waals surface area contributed by atoms with Crippen LogP contribution < -0.4 is 5.73 Å². The molecule has 1 aromatic rings. The van der Waals surface area contributed by atoms with Gasteiger partial charge in [-0.1, -0.05) is 31.0 Å². The minimum absolute atomic E-state index is 0.0630. The van der Waals surface area contributed by atoms with Crippen LogP contribution in [0.2, 0.25) is 5.02 Å². The highest BCUT2D eigenvalue weighted by Crippen LogP contribution is 2.22. The van der Waals surface area contributed by atoms with Crippen molar-refractivity contribution in [2.45, 2.75) is 25.8 Å². The van der Waals surface area contributed by atoms with Crippen molar-refractivity contribution in [2.75, 3.05) is 0 Å². The van der Waals surface area contributed by atoms with Crippen molar-refractivity contribution < 1.29 is 0 Å². The van der Waals surface area contributed by atoms with E-state index in [9.17, 15) is 0 Å². The normalized spacial score (nSPS) is 12.1. The van der Waals surface area contributed by atoms with Gasteiger partial charge in [0.25, 0.3) is 0 Å². The van der Waals surface area contributed by atoms with Crippen LogP contribution in [0.5, 0.6) is 0 Å². The van der Waals surface area contributed by atoms with E-state index in [4.69, 9.17) is 22.6 Å². The largest absolute Gasteiger partial charge is 0.324 e. The average Bonchev–Trinajstić information content (AvgIpc) is 2.17. The minimum Gasteiger partial charge on any atom is -0.324 e. The highest BCUT2D eigenvalue weighted by atomic mass is 35.5. The molecule has 0 heterocycles.